The van der Waals surface area contributed by atoms with Gasteiger partial charge in [0.15, 0.2) is 5.16 Å². The Morgan fingerprint density at radius 3 is 3.12 bits per heavy atom. The minimum atomic E-state index is 0.742. The van der Waals surface area contributed by atoms with Crippen LogP contribution in [0.4, 0.5) is 5.69 Å². The van der Waals surface area contributed by atoms with Crippen molar-refractivity contribution in [1.29, 1.82) is 0 Å². The zero-order chi connectivity index (χ0) is 16.5. The molecule has 0 saturated carbocycles. The summed E-state index contributed by atoms with van der Waals surface area (Å²) in [7, 11) is 3.79. The first-order chi connectivity index (χ1) is 11.7. The number of ether oxygens (including phenoxy) is 2. The van der Waals surface area contributed by atoms with Crippen LogP contribution in [0, 0.1) is 0 Å². The molecule has 0 atom stereocenters. The van der Waals surface area contributed by atoms with Gasteiger partial charge in [0.2, 0.25) is 0 Å². The lowest BCUT2D eigenvalue weighted by atomic mass is 10.1. The Kier molecular flexibility index (Phi) is 3.98. The molecule has 124 valence electrons. The molecule has 1 aliphatic heterocycles. The van der Waals surface area contributed by atoms with Gasteiger partial charge >= 0.3 is 0 Å². The summed E-state index contributed by atoms with van der Waals surface area (Å²) in [4.78, 5) is 10.3. The molecule has 24 heavy (non-hydrogen) atoms. The maximum atomic E-state index is 5.77. The molecule has 0 unspecified atom stereocenters. The molecule has 2 heterocycles. The average Bonchev–Trinajstić information content (AvgIpc) is 3.02. The van der Waals surface area contributed by atoms with E-state index in [-0.39, 0.29) is 0 Å². The van der Waals surface area contributed by atoms with Crippen molar-refractivity contribution in [3.63, 3.8) is 0 Å². The van der Waals surface area contributed by atoms with Gasteiger partial charge in [-0.25, -0.2) is 4.98 Å². The van der Waals surface area contributed by atoms with Gasteiger partial charge in [0.25, 0.3) is 0 Å². The summed E-state index contributed by atoms with van der Waals surface area (Å²) in [6.45, 7) is 1.66. The lowest BCUT2D eigenvalue weighted by Crippen LogP contribution is -2.29. The lowest BCUT2D eigenvalue weighted by molar-refractivity contribution is 0.311. The number of fused-ring (bicyclic) bond motifs is 2. The maximum Gasteiger partial charge on any atom is 0.166 e. The predicted molar refractivity (Wildman–Crippen MR) is 97.4 cm³/mol. The van der Waals surface area contributed by atoms with Crippen LogP contribution in [0.25, 0.3) is 11.0 Å². The van der Waals surface area contributed by atoms with Crippen molar-refractivity contribution in [2.45, 2.75) is 10.9 Å². The van der Waals surface area contributed by atoms with Gasteiger partial charge < -0.3 is 19.4 Å². The average molecular weight is 341 g/mol. The molecule has 1 aliphatic rings. The first-order valence-electron chi connectivity index (χ1n) is 7.87. The number of benzene rings is 2. The third-order valence-corrected chi connectivity index (χ3v) is 5.10. The largest absolute Gasteiger partial charge is 0.497 e. The minimum absolute atomic E-state index is 0.742. The number of likely N-dealkylation sites (N-methyl/N-ethyl adjacent to an activating group) is 1. The molecule has 1 N–H and O–H groups in total. The van der Waals surface area contributed by atoms with Crippen LogP contribution in [0.15, 0.2) is 41.6 Å². The number of hydrogen-bond acceptors (Lipinski definition) is 5. The normalized spacial score (nSPS) is 13.7. The van der Waals surface area contributed by atoms with E-state index in [0.717, 1.165) is 46.6 Å². The second-order valence-electron chi connectivity index (χ2n) is 5.75. The molecule has 1 aromatic heterocycles. The van der Waals surface area contributed by atoms with E-state index in [0.29, 0.717) is 0 Å². The van der Waals surface area contributed by atoms with Crippen molar-refractivity contribution < 1.29 is 9.47 Å². The number of aromatic nitrogens is 2. The van der Waals surface area contributed by atoms with Gasteiger partial charge in [-0.05, 0) is 23.8 Å². The molecule has 0 aliphatic carbocycles. The van der Waals surface area contributed by atoms with Gasteiger partial charge in [0.05, 0.1) is 30.4 Å². The fourth-order valence-electron chi connectivity index (χ4n) is 2.95. The summed E-state index contributed by atoms with van der Waals surface area (Å²) in [5, 5.41) is 0.912. The first-order valence-corrected chi connectivity index (χ1v) is 8.85. The summed E-state index contributed by atoms with van der Waals surface area (Å²) >= 11 is 1.70. The quantitative estimate of drug-likeness (QED) is 0.734. The van der Waals surface area contributed by atoms with E-state index in [9.17, 15) is 0 Å². The van der Waals surface area contributed by atoms with Crippen molar-refractivity contribution in [2.75, 3.05) is 32.2 Å². The van der Waals surface area contributed by atoms with E-state index in [2.05, 4.69) is 34.0 Å². The summed E-state index contributed by atoms with van der Waals surface area (Å²) in [5.74, 6) is 2.64. The molecular formula is C18H19N3O2S. The maximum absolute atomic E-state index is 5.77. The van der Waals surface area contributed by atoms with E-state index in [1.807, 2.05) is 24.3 Å². The summed E-state index contributed by atoms with van der Waals surface area (Å²) in [6.07, 6.45) is 0. The highest BCUT2D eigenvalue weighted by Gasteiger charge is 2.18. The number of aromatic amines is 1. The SMILES string of the molecule is COc1ccc2nc(SCc3cccc4c3N(C)CCO4)[nH]c2c1. The van der Waals surface area contributed by atoms with Gasteiger partial charge in [-0.1, -0.05) is 23.9 Å². The van der Waals surface area contributed by atoms with Crippen molar-refractivity contribution in [3.8, 4) is 11.5 Å². The van der Waals surface area contributed by atoms with E-state index < -0.39 is 0 Å². The van der Waals surface area contributed by atoms with Gasteiger partial charge in [0, 0.05) is 18.9 Å². The Balaban J connectivity index is 1.57. The zero-order valence-corrected chi connectivity index (χ0v) is 14.5. The number of rotatable bonds is 4. The Labute approximate surface area is 145 Å². The molecule has 0 spiro atoms. The van der Waals surface area contributed by atoms with Gasteiger partial charge in [-0.15, -0.1) is 0 Å². The van der Waals surface area contributed by atoms with Crippen LogP contribution in [-0.2, 0) is 5.75 Å². The Bertz CT molecular complexity index is 878. The highest BCUT2D eigenvalue weighted by atomic mass is 32.2. The van der Waals surface area contributed by atoms with Crippen molar-refractivity contribution in [2.24, 2.45) is 0 Å². The van der Waals surface area contributed by atoms with Gasteiger partial charge in [0.1, 0.15) is 18.1 Å². The van der Waals surface area contributed by atoms with E-state index >= 15 is 0 Å². The third-order valence-electron chi connectivity index (χ3n) is 4.18. The van der Waals surface area contributed by atoms with E-state index in [4.69, 9.17) is 9.47 Å². The van der Waals surface area contributed by atoms with Crippen LogP contribution in [0.2, 0.25) is 0 Å². The second-order valence-corrected chi connectivity index (χ2v) is 6.71. The van der Waals surface area contributed by atoms with Crippen LogP contribution >= 0.6 is 11.8 Å². The molecule has 0 amide bonds. The minimum Gasteiger partial charge on any atom is -0.497 e. The summed E-state index contributed by atoms with van der Waals surface area (Å²) in [5.41, 5.74) is 4.40. The van der Waals surface area contributed by atoms with Crippen molar-refractivity contribution in [3.05, 3.63) is 42.0 Å². The molecular weight excluding hydrogens is 322 g/mol. The fourth-order valence-corrected chi connectivity index (χ4v) is 3.82. The molecule has 6 heteroatoms. The molecule has 0 fully saturated rings. The summed E-state index contributed by atoms with van der Waals surface area (Å²) in [6, 6.07) is 12.1. The number of nitrogens with one attached hydrogen (secondary N) is 1. The smallest absolute Gasteiger partial charge is 0.166 e. The van der Waals surface area contributed by atoms with Crippen LogP contribution in [0.1, 0.15) is 5.56 Å². The second kappa shape index (κ2) is 6.28. The van der Waals surface area contributed by atoms with Crippen LogP contribution < -0.4 is 14.4 Å². The Morgan fingerprint density at radius 2 is 2.25 bits per heavy atom. The van der Waals surface area contributed by atoms with Crippen molar-refractivity contribution >= 4 is 28.5 Å². The van der Waals surface area contributed by atoms with E-state index in [1.165, 1.54) is 11.3 Å². The monoisotopic (exact) mass is 341 g/mol. The molecule has 0 radical (unpaired) electrons. The number of H-pyrrole nitrogens is 1. The number of anilines is 1. The molecule has 0 bridgehead atoms. The predicted octanol–water partition coefficient (Wildman–Crippen LogP) is 3.69. The Hall–Kier alpha value is -2.34. The number of hydrogen-bond donors (Lipinski definition) is 1. The topological polar surface area (TPSA) is 50.4 Å². The van der Waals surface area contributed by atoms with Crippen LogP contribution in [0.5, 0.6) is 11.5 Å². The molecule has 3 aromatic rings. The van der Waals surface area contributed by atoms with Gasteiger partial charge in [-0.3, -0.25) is 0 Å². The van der Waals surface area contributed by atoms with Gasteiger partial charge in [-0.2, -0.15) is 0 Å². The number of thioether (sulfide) groups is 1. The first kappa shape index (κ1) is 15.2. The number of para-hydroxylation sites is 1. The van der Waals surface area contributed by atoms with Crippen LogP contribution in [-0.4, -0.2) is 37.3 Å². The van der Waals surface area contributed by atoms with E-state index in [1.54, 1.807) is 18.9 Å². The van der Waals surface area contributed by atoms with Crippen molar-refractivity contribution in [1.82, 2.24) is 9.97 Å². The van der Waals surface area contributed by atoms with Crippen LogP contribution in [0.3, 0.4) is 0 Å². The zero-order valence-electron chi connectivity index (χ0n) is 13.7. The highest BCUT2D eigenvalue weighted by Crippen LogP contribution is 2.37. The fraction of sp³-hybridized carbons (Fsp3) is 0.278. The highest BCUT2D eigenvalue weighted by molar-refractivity contribution is 7.98. The molecule has 5 nitrogen and oxygen atoms in total. The standard InChI is InChI=1S/C18H19N3O2S/c1-21-8-9-23-16-5-3-4-12(17(16)21)11-24-18-19-14-7-6-13(22-2)10-15(14)20-18/h3-7,10H,8-9,11H2,1-2H3,(H,19,20). The molecule has 2 aromatic carbocycles. The number of imidazole rings is 1. The molecule has 4 rings (SSSR count). The lowest BCUT2D eigenvalue weighted by Gasteiger charge is -2.29. The molecule has 0 saturated heterocycles. The number of nitrogens with zero attached hydrogens (tertiary/aromatic N) is 2. The number of methoxy groups -OCH3 is 1. The summed E-state index contributed by atoms with van der Waals surface area (Å²) < 4.78 is 11.0. The third kappa shape index (κ3) is 2.78. The Morgan fingerprint density at radius 1 is 1.33 bits per heavy atom.